The monoisotopic (exact) mass is 469 g/mol. The summed E-state index contributed by atoms with van der Waals surface area (Å²) in [5.41, 5.74) is 0.375. The Labute approximate surface area is 169 Å². The Morgan fingerprint density at radius 1 is 1.21 bits per heavy atom. The van der Waals surface area contributed by atoms with Gasteiger partial charge in [0, 0.05) is 38.1 Å². The molecule has 2 fully saturated rings. The molecular weight excluding hydrogens is 433 g/mol. The lowest BCUT2D eigenvalue weighted by molar-refractivity contribution is 0.107. The molecule has 1 saturated carbocycles. The van der Waals surface area contributed by atoms with Crippen molar-refractivity contribution in [3.05, 3.63) is 0 Å². The van der Waals surface area contributed by atoms with E-state index in [0.29, 0.717) is 5.41 Å². The fraction of sp³-hybridized carbons (Fsp3) is 0.944. The molecule has 0 amide bonds. The van der Waals surface area contributed by atoms with Gasteiger partial charge in [-0.1, -0.05) is 12.8 Å². The lowest BCUT2D eigenvalue weighted by Crippen LogP contribution is -2.41. The molecular formula is C18H36IN3OS. The SMILES string of the molecule is CCNC(=NCC1(CCOCC)CCCC1)NCC1CCCS1.I. The van der Waals surface area contributed by atoms with Crippen LogP contribution >= 0.6 is 35.7 Å². The first-order valence-electron chi connectivity index (χ1n) is 9.49. The van der Waals surface area contributed by atoms with Crippen LogP contribution in [-0.2, 0) is 4.74 Å². The van der Waals surface area contributed by atoms with E-state index in [-0.39, 0.29) is 24.0 Å². The Hall–Kier alpha value is 0.310. The largest absolute Gasteiger partial charge is 0.382 e. The zero-order chi connectivity index (χ0) is 16.4. The van der Waals surface area contributed by atoms with Gasteiger partial charge >= 0.3 is 0 Å². The fourth-order valence-corrected chi connectivity index (χ4v) is 4.85. The van der Waals surface area contributed by atoms with Crippen LogP contribution in [0.3, 0.4) is 0 Å². The van der Waals surface area contributed by atoms with Crippen LogP contribution < -0.4 is 10.6 Å². The van der Waals surface area contributed by atoms with Gasteiger partial charge in [0.1, 0.15) is 0 Å². The zero-order valence-electron chi connectivity index (χ0n) is 15.4. The van der Waals surface area contributed by atoms with Crippen molar-refractivity contribution in [2.75, 3.05) is 38.6 Å². The summed E-state index contributed by atoms with van der Waals surface area (Å²) in [4.78, 5) is 4.94. The zero-order valence-corrected chi connectivity index (χ0v) is 18.6. The Bertz CT molecular complexity index is 356. The Morgan fingerprint density at radius 3 is 2.62 bits per heavy atom. The average Bonchev–Trinajstić information content (AvgIpc) is 3.23. The minimum Gasteiger partial charge on any atom is -0.382 e. The fourth-order valence-electron chi connectivity index (χ4n) is 3.65. The highest BCUT2D eigenvalue weighted by Gasteiger charge is 2.33. The highest BCUT2D eigenvalue weighted by molar-refractivity contribution is 14.0. The van der Waals surface area contributed by atoms with Crippen molar-refractivity contribution in [3.8, 4) is 0 Å². The van der Waals surface area contributed by atoms with Gasteiger partial charge in [0.25, 0.3) is 0 Å². The van der Waals surface area contributed by atoms with E-state index < -0.39 is 0 Å². The summed E-state index contributed by atoms with van der Waals surface area (Å²) in [5.74, 6) is 2.32. The predicted molar refractivity (Wildman–Crippen MR) is 117 cm³/mol. The maximum atomic E-state index is 5.61. The topological polar surface area (TPSA) is 45.7 Å². The quantitative estimate of drug-likeness (QED) is 0.232. The third-order valence-electron chi connectivity index (χ3n) is 5.08. The van der Waals surface area contributed by atoms with Gasteiger partial charge in [-0.2, -0.15) is 11.8 Å². The van der Waals surface area contributed by atoms with E-state index in [4.69, 9.17) is 9.73 Å². The van der Waals surface area contributed by atoms with Crippen LogP contribution in [0.2, 0.25) is 0 Å². The van der Waals surface area contributed by atoms with Crippen molar-refractivity contribution in [3.63, 3.8) is 0 Å². The van der Waals surface area contributed by atoms with Crippen LogP contribution in [0.4, 0.5) is 0 Å². The predicted octanol–water partition coefficient (Wildman–Crippen LogP) is 4.04. The van der Waals surface area contributed by atoms with Crippen LogP contribution in [0.5, 0.6) is 0 Å². The summed E-state index contributed by atoms with van der Waals surface area (Å²) in [6.45, 7) is 8.83. The summed E-state index contributed by atoms with van der Waals surface area (Å²) < 4.78 is 5.61. The van der Waals surface area contributed by atoms with Crippen molar-refractivity contribution >= 4 is 41.7 Å². The highest BCUT2D eigenvalue weighted by Crippen LogP contribution is 2.41. The number of nitrogens with zero attached hydrogens (tertiary/aromatic N) is 1. The molecule has 1 aliphatic heterocycles. The molecule has 0 bridgehead atoms. The number of aliphatic imine (C=N–C) groups is 1. The van der Waals surface area contributed by atoms with Gasteiger partial charge in [0.15, 0.2) is 5.96 Å². The molecule has 1 heterocycles. The molecule has 0 spiro atoms. The smallest absolute Gasteiger partial charge is 0.191 e. The van der Waals surface area contributed by atoms with E-state index in [0.717, 1.165) is 50.5 Å². The Balaban J connectivity index is 0.00000288. The second-order valence-corrected chi connectivity index (χ2v) is 8.27. The number of guanidine groups is 1. The molecule has 142 valence electrons. The van der Waals surface area contributed by atoms with Crippen molar-refractivity contribution in [2.45, 2.75) is 64.0 Å². The van der Waals surface area contributed by atoms with E-state index >= 15 is 0 Å². The molecule has 2 rings (SSSR count). The van der Waals surface area contributed by atoms with Crippen LogP contribution in [0.15, 0.2) is 4.99 Å². The summed E-state index contributed by atoms with van der Waals surface area (Å²) in [6, 6.07) is 0. The van der Waals surface area contributed by atoms with Gasteiger partial charge in [-0.15, -0.1) is 24.0 Å². The lowest BCUT2D eigenvalue weighted by Gasteiger charge is -2.27. The second-order valence-electron chi connectivity index (χ2n) is 6.87. The molecule has 0 aromatic carbocycles. The molecule has 1 unspecified atom stereocenters. The Kier molecular flexibility index (Phi) is 11.8. The molecule has 24 heavy (non-hydrogen) atoms. The summed E-state index contributed by atoms with van der Waals surface area (Å²) in [7, 11) is 0. The van der Waals surface area contributed by atoms with E-state index in [2.05, 4.69) is 36.2 Å². The first-order chi connectivity index (χ1) is 11.3. The van der Waals surface area contributed by atoms with E-state index in [1.807, 2.05) is 0 Å². The third-order valence-corrected chi connectivity index (χ3v) is 6.48. The van der Waals surface area contributed by atoms with Crippen LogP contribution in [0.25, 0.3) is 0 Å². The molecule has 4 nitrogen and oxygen atoms in total. The van der Waals surface area contributed by atoms with Crippen molar-refractivity contribution in [1.29, 1.82) is 0 Å². The van der Waals surface area contributed by atoms with Crippen LogP contribution in [0.1, 0.15) is 58.8 Å². The molecule has 2 N–H and O–H groups in total. The van der Waals surface area contributed by atoms with E-state index in [1.165, 1.54) is 44.3 Å². The molecule has 0 aromatic heterocycles. The number of thioether (sulfide) groups is 1. The number of hydrogen-bond acceptors (Lipinski definition) is 3. The molecule has 1 aliphatic carbocycles. The van der Waals surface area contributed by atoms with Gasteiger partial charge in [-0.05, 0) is 57.1 Å². The number of halogens is 1. The number of rotatable bonds is 9. The maximum Gasteiger partial charge on any atom is 0.191 e. The first-order valence-corrected chi connectivity index (χ1v) is 10.5. The van der Waals surface area contributed by atoms with Gasteiger partial charge < -0.3 is 15.4 Å². The van der Waals surface area contributed by atoms with Gasteiger partial charge in [0.05, 0.1) is 0 Å². The lowest BCUT2D eigenvalue weighted by atomic mass is 9.83. The first kappa shape index (κ1) is 22.4. The van der Waals surface area contributed by atoms with Crippen LogP contribution in [-0.4, -0.2) is 49.8 Å². The van der Waals surface area contributed by atoms with Gasteiger partial charge in [-0.25, -0.2) is 0 Å². The van der Waals surface area contributed by atoms with Crippen molar-refractivity contribution in [1.82, 2.24) is 10.6 Å². The van der Waals surface area contributed by atoms with E-state index in [1.54, 1.807) is 0 Å². The van der Waals surface area contributed by atoms with E-state index in [9.17, 15) is 0 Å². The maximum absolute atomic E-state index is 5.61. The summed E-state index contributed by atoms with van der Waals surface area (Å²) in [6.07, 6.45) is 9.18. The average molecular weight is 469 g/mol. The normalized spacial score (nSPS) is 23.1. The molecule has 1 saturated heterocycles. The molecule has 0 radical (unpaired) electrons. The molecule has 2 aliphatic rings. The molecule has 0 aromatic rings. The van der Waals surface area contributed by atoms with Crippen molar-refractivity contribution < 1.29 is 4.74 Å². The minimum atomic E-state index is 0. The third kappa shape index (κ3) is 7.68. The number of nitrogens with one attached hydrogen (secondary N) is 2. The minimum absolute atomic E-state index is 0. The number of ether oxygens (including phenoxy) is 1. The summed E-state index contributed by atoms with van der Waals surface area (Å²) >= 11 is 2.10. The highest BCUT2D eigenvalue weighted by atomic mass is 127. The van der Waals surface area contributed by atoms with Crippen molar-refractivity contribution in [2.24, 2.45) is 10.4 Å². The molecule has 6 heteroatoms. The molecule has 1 atom stereocenters. The second kappa shape index (κ2) is 12.6. The Morgan fingerprint density at radius 2 is 2.00 bits per heavy atom. The van der Waals surface area contributed by atoms with Gasteiger partial charge in [0.2, 0.25) is 0 Å². The standard InChI is InChI=1S/C18H35N3OS.HI/c1-3-19-17(20-14-16-8-7-13-23-16)21-15-18(9-5-6-10-18)11-12-22-4-2;/h16H,3-15H2,1-2H3,(H2,19,20,21);1H. The van der Waals surface area contributed by atoms with Gasteiger partial charge in [-0.3, -0.25) is 4.99 Å². The summed E-state index contributed by atoms with van der Waals surface area (Å²) in [5, 5.41) is 7.73. The van der Waals surface area contributed by atoms with Crippen LogP contribution in [0, 0.1) is 5.41 Å². The number of hydrogen-bond donors (Lipinski definition) is 2.